The summed E-state index contributed by atoms with van der Waals surface area (Å²) in [5, 5.41) is 11.2. The summed E-state index contributed by atoms with van der Waals surface area (Å²) in [7, 11) is 1.60. The smallest absolute Gasteiger partial charge is 0.409 e. The average Bonchev–Trinajstić information content (AvgIpc) is 2.39. The van der Waals surface area contributed by atoms with E-state index in [1.165, 1.54) is 0 Å². The van der Waals surface area contributed by atoms with E-state index in [9.17, 15) is 4.79 Å². The molecule has 0 unspecified atom stereocenters. The minimum Gasteiger partial charge on any atom is -0.497 e. The molecule has 0 saturated carbocycles. The quantitative estimate of drug-likeness (QED) is 0.868. The van der Waals surface area contributed by atoms with E-state index in [1.54, 1.807) is 19.2 Å². The van der Waals surface area contributed by atoms with Crippen LogP contribution in [0.4, 0.5) is 10.5 Å². The Balaban J connectivity index is 2.45. The zero-order valence-electron chi connectivity index (χ0n) is 9.88. The van der Waals surface area contributed by atoms with Gasteiger partial charge in [-0.3, -0.25) is 5.32 Å². The molecule has 0 bridgehead atoms. The second-order valence-electron chi connectivity index (χ2n) is 3.71. The van der Waals surface area contributed by atoms with Crippen LogP contribution in [0.25, 0.3) is 11.1 Å². The highest BCUT2D eigenvalue weighted by Gasteiger charge is 2.07. The molecule has 2 aromatic carbocycles. The molecule has 0 radical (unpaired) electrons. The van der Waals surface area contributed by atoms with Gasteiger partial charge in [-0.25, -0.2) is 4.79 Å². The number of para-hydroxylation sites is 1. The maximum absolute atomic E-state index is 10.7. The molecular formula is C14H13NO3. The minimum atomic E-state index is -1.08. The minimum absolute atomic E-state index is 0.554. The van der Waals surface area contributed by atoms with Crippen molar-refractivity contribution < 1.29 is 14.6 Å². The van der Waals surface area contributed by atoms with Crippen LogP contribution in [0.15, 0.2) is 48.5 Å². The first-order chi connectivity index (χ1) is 8.70. The van der Waals surface area contributed by atoms with Gasteiger partial charge in [0.2, 0.25) is 0 Å². The average molecular weight is 243 g/mol. The van der Waals surface area contributed by atoms with Crippen LogP contribution in [0.3, 0.4) is 0 Å². The number of benzene rings is 2. The van der Waals surface area contributed by atoms with Crippen molar-refractivity contribution in [3.05, 3.63) is 48.5 Å². The Bertz CT molecular complexity index is 566. The Morgan fingerprint density at radius 3 is 2.67 bits per heavy atom. The van der Waals surface area contributed by atoms with Crippen molar-refractivity contribution in [1.82, 2.24) is 0 Å². The van der Waals surface area contributed by atoms with Crippen molar-refractivity contribution in [2.45, 2.75) is 0 Å². The number of hydrogen-bond donors (Lipinski definition) is 2. The third-order valence-corrected chi connectivity index (χ3v) is 2.55. The molecule has 0 atom stereocenters. The summed E-state index contributed by atoms with van der Waals surface area (Å²) in [5.41, 5.74) is 2.27. The van der Waals surface area contributed by atoms with E-state index < -0.39 is 6.09 Å². The number of methoxy groups -OCH3 is 1. The summed E-state index contributed by atoms with van der Waals surface area (Å²) >= 11 is 0. The SMILES string of the molecule is COc1cccc(-c2ccccc2NC(=O)O)c1. The molecule has 4 nitrogen and oxygen atoms in total. The predicted octanol–water partition coefficient (Wildman–Crippen LogP) is 3.45. The molecule has 1 amide bonds. The van der Waals surface area contributed by atoms with Crippen LogP contribution in [0, 0.1) is 0 Å². The number of carboxylic acid groups (broad SMARTS) is 1. The third kappa shape index (κ3) is 2.60. The van der Waals surface area contributed by atoms with Gasteiger partial charge in [0.25, 0.3) is 0 Å². The van der Waals surface area contributed by atoms with Crippen LogP contribution < -0.4 is 10.1 Å². The monoisotopic (exact) mass is 243 g/mol. The van der Waals surface area contributed by atoms with E-state index in [2.05, 4.69) is 5.32 Å². The molecule has 92 valence electrons. The lowest BCUT2D eigenvalue weighted by Crippen LogP contribution is -2.08. The summed E-state index contributed by atoms with van der Waals surface area (Å²) in [6.45, 7) is 0. The first kappa shape index (κ1) is 12.0. The van der Waals surface area contributed by atoms with Crippen LogP contribution >= 0.6 is 0 Å². The normalized spacial score (nSPS) is 9.83. The van der Waals surface area contributed by atoms with Crippen molar-refractivity contribution >= 4 is 11.8 Å². The molecule has 0 heterocycles. The molecular weight excluding hydrogens is 230 g/mol. The van der Waals surface area contributed by atoms with Crippen LogP contribution in [-0.4, -0.2) is 18.3 Å². The van der Waals surface area contributed by atoms with Crippen molar-refractivity contribution in [2.75, 3.05) is 12.4 Å². The van der Waals surface area contributed by atoms with Gasteiger partial charge in [-0.1, -0.05) is 30.3 Å². The second-order valence-corrected chi connectivity index (χ2v) is 3.71. The lowest BCUT2D eigenvalue weighted by molar-refractivity contribution is 0.210. The van der Waals surface area contributed by atoms with Gasteiger partial charge in [0.1, 0.15) is 5.75 Å². The van der Waals surface area contributed by atoms with Crippen LogP contribution in [0.2, 0.25) is 0 Å². The first-order valence-electron chi connectivity index (χ1n) is 5.44. The standard InChI is InChI=1S/C14H13NO3/c1-18-11-6-4-5-10(9-11)12-7-2-3-8-13(12)15-14(16)17/h2-9,15H,1H3,(H,16,17). The topological polar surface area (TPSA) is 58.6 Å². The number of hydrogen-bond acceptors (Lipinski definition) is 2. The van der Waals surface area contributed by atoms with Gasteiger partial charge >= 0.3 is 6.09 Å². The zero-order chi connectivity index (χ0) is 13.0. The molecule has 0 spiro atoms. The van der Waals surface area contributed by atoms with Crippen molar-refractivity contribution in [2.24, 2.45) is 0 Å². The molecule has 2 N–H and O–H groups in total. The highest BCUT2D eigenvalue weighted by Crippen LogP contribution is 2.30. The van der Waals surface area contributed by atoms with Gasteiger partial charge in [-0.05, 0) is 23.8 Å². The van der Waals surface area contributed by atoms with Gasteiger partial charge in [0.15, 0.2) is 0 Å². The van der Waals surface area contributed by atoms with Crippen LogP contribution in [0.1, 0.15) is 0 Å². The summed E-state index contributed by atoms with van der Waals surface area (Å²) in [5.74, 6) is 0.734. The highest BCUT2D eigenvalue weighted by molar-refractivity contribution is 5.90. The fourth-order valence-corrected chi connectivity index (χ4v) is 1.75. The van der Waals surface area contributed by atoms with E-state index in [1.807, 2.05) is 36.4 Å². The Morgan fingerprint density at radius 2 is 1.94 bits per heavy atom. The maximum atomic E-state index is 10.7. The zero-order valence-corrected chi connectivity index (χ0v) is 9.88. The van der Waals surface area contributed by atoms with Crippen molar-refractivity contribution in [3.8, 4) is 16.9 Å². The lowest BCUT2D eigenvalue weighted by Gasteiger charge is -2.10. The van der Waals surface area contributed by atoms with E-state index in [4.69, 9.17) is 9.84 Å². The van der Waals surface area contributed by atoms with E-state index in [0.717, 1.165) is 16.9 Å². The number of carbonyl (C=O) groups is 1. The Hall–Kier alpha value is -2.49. The van der Waals surface area contributed by atoms with E-state index in [-0.39, 0.29) is 0 Å². The summed E-state index contributed by atoms with van der Waals surface area (Å²) < 4.78 is 5.16. The highest BCUT2D eigenvalue weighted by atomic mass is 16.5. The Kier molecular flexibility index (Phi) is 3.48. The summed E-state index contributed by atoms with van der Waals surface area (Å²) in [6, 6.07) is 14.7. The Morgan fingerprint density at radius 1 is 1.17 bits per heavy atom. The molecule has 18 heavy (non-hydrogen) atoms. The second kappa shape index (κ2) is 5.23. The van der Waals surface area contributed by atoms with Gasteiger partial charge in [0, 0.05) is 5.56 Å². The van der Waals surface area contributed by atoms with E-state index >= 15 is 0 Å². The predicted molar refractivity (Wildman–Crippen MR) is 70.1 cm³/mol. The number of rotatable bonds is 3. The molecule has 4 heteroatoms. The number of ether oxygens (including phenoxy) is 1. The van der Waals surface area contributed by atoms with Gasteiger partial charge in [0.05, 0.1) is 12.8 Å². The summed E-state index contributed by atoms with van der Waals surface area (Å²) in [4.78, 5) is 10.7. The van der Waals surface area contributed by atoms with Gasteiger partial charge in [-0.2, -0.15) is 0 Å². The van der Waals surface area contributed by atoms with Crippen molar-refractivity contribution in [1.29, 1.82) is 0 Å². The molecule has 0 aliphatic heterocycles. The number of anilines is 1. The van der Waals surface area contributed by atoms with Crippen molar-refractivity contribution in [3.63, 3.8) is 0 Å². The van der Waals surface area contributed by atoms with Gasteiger partial charge < -0.3 is 9.84 Å². The van der Waals surface area contributed by atoms with E-state index in [0.29, 0.717) is 5.69 Å². The lowest BCUT2D eigenvalue weighted by atomic mass is 10.0. The van der Waals surface area contributed by atoms with Gasteiger partial charge in [-0.15, -0.1) is 0 Å². The molecule has 2 aromatic rings. The first-order valence-corrected chi connectivity index (χ1v) is 5.44. The number of amides is 1. The maximum Gasteiger partial charge on any atom is 0.409 e. The molecule has 0 saturated heterocycles. The fraction of sp³-hybridized carbons (Fsp3) is 0.0714. The molecule has 0 aliphatic carbocycles. The Labute approximate surface area is 105 Å². The largest absolute Gasteiger partial charge is 0.497 e. The molecule has 0 aromatic heterocycles. The molecule has 0 fully saturated rings. The molecule has 2 rings (SSSR count). The van der Waals surface area contributed by atoms with Crippen LogP contribution in [-0.2, 0) is 0 Å². The van der Waals surface area contributed by atoms with Crippen LogP contribution in [0.5, 0.6) is 5.75 Å². The fourth-order valence-electron chi connectivity index (χ4n) is 1.75. The summed E-state index contributed by atoms with van der Waals surface area (Å²) in [6.07, 6.45) is -1.08. The number of nitrogens with one attached hydrogen (secondary N) is 1. The molecule has 0 aliphatic rings. The third-order valence-electron chi connectivity index (χ3n) is 2.55.